The Labute approximate surface area is 192 Å². The molecule has 0 bridgehead atoms. The number of benzene rings is 3. The third-order valence-electron chi connectivity index (χ3n) is 5.58. The van der Waals surface area contributed by atoms with Crippen LogP contribution >= 0.6 is 11.6 Å². The van der Waals surface area contributed by atoms with Crippen LogP contribution in [0.2, 0.25) is 5.02 Å². The number of halogens is 1. The normalized spacial score (nSPS) is 13.7. The highest BCUT2D eigenvalue weighted by Gasteiger charge is 2.39. The van der Waals surface area contributed by atoms with Gasteiger partial charge in [0.1, 0.15) is 11.4 Å². The van der Waals surface area contributed by atoms with Crippen LogP contribution in [0.4, 0.5) is 5.69 Å². The fourth-order valence-electron chi connectivity index (χ4n) is 3.59. The molecular formula is C26H23ClN2O3. The maximum Gasteiger partial charge on any atom is 0.278 e. The number of hydrogen-bond donors (Lipinski definition) is 1. The van der Waals surface area contributed by atoms with Crippen molar-refractivity contribution in [3.8, 4) is 5.75 Å². The van der Waals surface area contributed by atoms with E-state index in [4.69, 9.17) is 16.3 Å². The van der Waals surface area contributed by atoms with Crippen LogP contribution in [-0.4, -0.2) is 23.8 Å². The third-order valence-corrected chi connectivity index (χ3v) is 5.83. The molecule has 32 heavy (non-hydrogen) atoms. The second kappa shape index (κ2) is 8.89. The van der Waals surface area contributed by atoms with Crippen molar-refractivity contribution < 1.29 is 14.3 Å². The minimum Gasteiger partial charge on any atom is -0.497 e. The van der Waals surface area contributed by atoms with Crippen molar-refractivity contribution in [3.63, 3.8) is 0 Å². The van der Waals surface area contributed by atoms with Gasteiger partial charge in [0.2, 0.25) is 0 Å². The average Bonchev–Trinajstić information content (AvgIpc) is 3.02. The molecule has 0 saturated heterocycles. The Morgan fingerprint density at radius 3 is 2.19 bits per heavy atom. The predicted molar refractivity (Wildman–Crippen MR) is 126 cm³/mol. The second-order valence-electron chi connectivity index (χ2n) is 7.73. The van der Waals surface area contributed by atoms with Crippen LogP contribution in [0.25, 0.3) is 5.57 Å². The molecule has 162 valence electrons. The maximum atomic E-state index is 13.4. The summed E-state index contributed by atoms with van der Waals surface area (Å²) in [5.41, 5.74) is 5.02. The van der Waals surface area contributed by atoms with E-state index in [9.17, 15) is 9.59 Å². The first-order valence-electron chi connectivity index (χ1n) is 10.2. The van der Waals surface area contributed by atoms with E-state index < -0.39 is 0 Å². The van der Waals surface area contributed by atoms with E-state index >= 15 is 0 Å². The summed E-state index contributed by atoms with van der Waals surface area (Å²) in [6.45, 7) is 4.16. The summed E-state index contributed by atoms with van der Waals surface area (Å²) < 4.78 is 5.21. The number of ether oxygens (including phenoxy) is 1. The number of hydrogen-bond acceptors (Lipinski definition) is 4. The van der Waals surface area contributed by atoms with Crippen molar-refractivity contribution in [2.24, 2.45) is 0 Å². The van der Waals surface area contributed by atoms with Gasteiger partial charge in [0, 0.05) is 10.7 Å². The van der Waals surface area contributed by atoms with Crippen LogP contribution in [0.3, 0.4) is 0 Å². The quantitative estimate of drug-likeness (QED) is 0.518. The number of nitrogens with one attached hydrogen (secondary N) is 1. The van der Waals surface area contributed by atoms with Gasteiger partial charge in [-0.2, -0.15) is 0 Å². The Bertz CT molecular complexity index is 1210. The lowest BCUT2D eigenvalue weighted by atomic mass is 9.99. The Morgan fingerprint density at radius 1 is 0.875 bits per heavy atom. The second-order valence-corrected chi connectivity index (χ2v) is 8.16. The van der Waals surface area contributed by atoms with Crippen molar-refractivity contribution in [2.45, 2.75) is 20.4 Å². The first kappa shape index (κ1) is 21.7. The molecule has 1 N–H and O–H groups in total. The molecule has 1 aliphatic heterocycles. The van der Waals surface area contributed by atoms with E-state index in [1.807, 2.05) is 56.3 Å². The van der Waals surface area contributed by atoms with Crippen molar-refractivity contribution in [2.75, 3.05) is 12.4 Å². The van der Waals surface area contributed by atoms with Gasteiger partial charge >= 0.3 is 0 Å². The van der Waals surface area contributed by atoms with E-state index in [-0.39, 0.29) is 24.1 Å². The molecule has 3 aromatic carbocycles. The largest absolute Gasteiger partial charge is 0.497 e. The number of imide groups is 1. The van der Waals surface area contributed by atoms with Crippen LogP contribution in [0.1, 0.15) is 22.3 Å². The molecule has 0 aliphatic carbocycles. The number of amides is 2. The van der Waals surface area contributed by atoms with Crippen LogP contribution in [0, 0.1) is 13.8 Å². The van der Waals surface area contributed by atoms with Crippen molar-refractivity contribution >= 4 is 34.7 Å². The standard InChI is InChI=1S/C26H23ClN2O3/c1-16-4-7-19(14-17(16)2)23-24(28-21-10-12-22(32-3)13-11-21)26(31)29(25(23)30)15-18-5-8-20(27)9-6-18/h4-14,28H,15H2,1-3H3. The van der Waals surface area contributed by atoms with Crippen molar-refractivity contribution in [3.05, 3.63) is 99.7 Å². The number of carbonyl (C=O) groups excluding carboxylic acids is 2. The van der Waals surface area contributed by atoms with E-state index in [1.54, 1.807) is 31.4 Å². The smallest absolute Gasteiger partial charge is 0.278 e. The van der Waals surface area contributed by atoms with E-state index in [0.717, 1.165) is 16.7 Å². The first-order valence-corrected chi connectivity index (χ1v) is 10.6. The summed E-state index contributed by atoms with van der Waals surface area (Å²) in [7, 11) is 1.59. The van der Waals surface area contributed by atoms with Gasteiger partial charge in [0.15, 0.2) is 0 Å². The van der Waals surface area contributed by atoms with Gasteiger partial charge in [0.05, 0.1) is 19.2 Å². The van der Waals surface area contributed by atoms with Crippen molar-refractivity contribution in [1.29, 1.82) is 0 Å². The lowest BCUT2D eigenvalue weighted by Crippen LogP contribution is -2.32. The van der Waals surface area contributed by atoms with Gasteiger partial charge in [0.25, 0.3) is 11.8 Å². The van der Waals surface area contributed by atoms with Gasteiger partial charge in [-0.25, -0.2) is 0 Å². The minimum absolute atomic E-state index is 0.164. The predicted octanol–water partition coefficient (Wildman–Crippen LogP) is 5.36. The summed E-state index contributed by atoms with van der Waals surface area (Å²) in [4.78, 5) is 28.1. The molecule has 0 saturated carbocycles. The van der Waals surface area contributed by atoms with E-state index in [1.165, 1.54) is 4.90 Å². The zero-order valence-corrected chi connectivity index (χ0v) is 18.9. The van der Waals surface area contributed by atoms with Gasteiger partial charge in [-0.3, -0.25) is 14.5 Å². The topological polar surface area (TPSA) is 58.6 Å². The molecule has 0 spiro atoms. The zero-order chi connectivity index (χ0) is 22.8. The summed E-state index contributed by atoms with van der Waals surface area (Å²) in [5, 5.41) is 3.77. The summed E-state index contributed by atoms with van der Waals surface area (Å²) in [6.07, 6.45) is 0. The number of methoxy groups -OCH3 is 1. The minimum atomic E-state index is -0.367. The number of carbonyl (C=O) groups is 2. The van der Waals surface area contributed by atoms with Crippen LogP contribution < -0.4 is 10.1 Å². The fraction of sp³-hybridized carbons (Fsp3) is 0.154. The maximum absolute atomic E-state index is 13.4. The lowest BCUT2D eigenvalue weighted by Gasteiger charge is -2.15. The number of aryl methyl sites for hydroxylation is 2. The molecule has 0 atom stereocenters. The van der Waals surface area contributed by atoms with Crippen LogP contribution in [-0.2, 0) is 16.1 Å². The molecule has 0 radical (unpaired) electrons. The lowest BCUT2D eigenvalue weighted by molar-refractivity contribution is -0.137. The fourth-order valence-corrected chi connectivity index (χ4v) is 3.72. The highest BCUT2D eigenvalue weighted by atomic mass is 35.5. The number of nitrogens with zero attached hydrogens (tertiary/aromatic N) is 1. The monoisotopic (exact) mass is 446 g/mol. The molecule has 0 unspecified atom stereocenters. The zero-order valence-electron chi connectivity index (χ0n) is 18.1. The Hall–Kier alpha value is -3.57. The Kier molecular flexibility index (Phi) is 6.01. The molecule has 2 amide bonds. The molecular weight excluding hydrogens is 424 g/mol. The molecule has 0 aromatic heterocycles. The molecule has 1 aliphatic rings. The van der Waals surface area contributed by atoms with Gasteiger partial charge in [-0.05, 0) is 72.5 Å². The summed E-state index contributed by atoms with van der Waals surface area (Å²) >= 11 is 5.98. The molecule has 0 fully saturated rings. The van der Waals surface area contributed by atoms with Crippen molar-refractivity contribution in [1.82, 2.24) is 4.90 Å². The average molecular weight is 447 g/mol. The number of rotatable bonds is 6. The molecule has 4 rings (SSSR count). The van der Waals surface area contributed by atoms with Gasteiger partial charge in [-0.1, -0.05) is 41.9 Å². The molecule has 3 aromatic rings. The van der Waals surface area contributed by atoms with Crippen LogP contribution in [0.15, 0.2) is 72.4 Å². The third kappa shape index (κ3) is 4.25. The highest BCUT2D eigenvalue weighted by Crippen LogP contribution is 2.32. The summed E-state index contributed by atoms with van der Waals surface area (Å²) in [6, 6.07) is 20.1. The SMILES string of the molecule is COc1ccc(NC2=C(c3ccc(C)c(C)c3)C(=O)N(Cc3ccc(Cl)cc3)C2=O)cc1. The number of anilines is 1. The summed E-state index contributed by atoms with van der Waals surface area (Å²) in [5.74, 6) is 0.00955. The van der Waals surface area contributed by atoms with Gasteiger partial charge < -0.3 is 10.1 Å². The van der Waals surface area contributed by atoms with Gasteiger partial charge in [-0.15, -0.1) is 0 Å². The highest BCUT2D eigenvalue weighted by molar-refractivity contribution is 6.36. The van der Waals surface area contributed by atoms with E-state index in [2.05, 4.69) is 5.32 Å². The molecule has 6 heteroatoms. The molecule has 1 heterocycles. The first-order chi connectivity index (χ1) is 15.4. The Balaban J connectivity index is 1.73. The van der Waals surface area contributed by atoms with E-state index in [0.29, 0.717) is 27.6 Å². The Morgan fingerprint density at radius 2 is 1.56 bits per heavy atom. The molecule has 5 nitrogen and oxygen atoms in total. The van der Waals surface area contributed by atoms with Crippen LogP contribution in [0.5, 0.6) is 5.75 Å².